The van der Waals surface area contributed by atoms with Crippen LogP contribution in [0.3, 0.4) is 0 Å². The van der Waals surface area contributed by atoms with Gasteiger partial charge in [-0.2, -0.15) is 0 Å². The Bertz CT molecular complexity index is 373. The van der Waals surface area contributed by atoms with Crippen molar-refractivity contribution in [3.05, 3.63) is 18.2 Å². The Morgan fingerprint density at radius 1 is 1.47 bits per heavy atom. The molecule has 1 N–H and O–H groups in total. The van der Waals surface area contributed by atoms with Gasteiger partial charge in [0, 0.05) is 31.5 Å². The molecule has 19 heavy (non-hydrogen) atoms. The largest absolute Gasteiger partial charge is 0.389 e. The fourth-order valence-corrected chi connectivity index (χ4v) is 2.35. The molecule has 2 rings (SSSR count). The van der Waals surface area contributed by atoms with Gasteiger partial charge in [0.2, 0.25) is 0 Å². The van der Waals surface area contributed by atoms with Crippen LogP contribution < -0.4 is 0 Å². The molecule has 5 nitrogen and oxygen atoms in total. The lowest BCUT2D eigenvalue weighted by atomic mass is 10.1. The summed E-state index contributed by atoms with van der Waals surface area (Å²) in [5.41, 5.74) is 0. The maximum atomic E-state index is 10.1. The topological polar surface area (TPSA) is 56.5 Å². The Morgan fingerprint density at radius 2 is 2.21 bits per heavy atom. The Kier molecular flexibility index (Phi) is 5.36. The van der Waals surface area contributed by atoms with E-state index in [1.807, 2.05) is 10.8 Å². The minimum Gasteiger partial charge on any atom is -0.389 e. The quantitative estimate of drug-likeness (QED) is 0.850. The van der Waals surface area contributed by atoms with Crippen LogP contribution in [0.5, 0.6) is 0 Å². The van der Waals surface area contributed by atoms with E-state index in [1.165, 1.54) is 0 Å². The molecule has 1 unspecified atom stereocenters. The zero-order chi connectivity index (χ0) is 13.7. The summed E-state index contributed by atoms with van der Waals surface area (Å²) >= 11 is 0. The highest BCUT2D eigenvalue weighted by molar-refractivity contribution is 4.97. The fraction of sp³-hybridized carbons (Fsp3) is 0.786. The molecule has 0 aromatic carbocycles. The van der Waals surface area contributed by atoms with Crippen molar-refractivity contribution < 1.29 is 14.6 Å². The summed E-state index contributed by atoms with van der Waals surface area (Å²) in [6.07, 6.45) is 5.28. The van der Waals surface area contributed by atoms with Crippen LogP contribution in [-0.2, 0) is 16.0 Å². The first kappa shape index (κ1) is 14.5. The number of rotatable bonds is 6. The molecular formula is C14H24N2O3. The van der Waals surface area contributed by atoms with E-state index in [9.17, 15) is 5.11 Å². The first-order chi connectivity index (χ1) is 9.16. The molecule has 2 heterocycles. The zero-order valence-electron chi connectivity index (χ0n) is 11.8. The van der Waals surface area contributed by atoms with Gasteiger partial charge < -0.3 is 19.1 Å². The number of aliphatic hydroxyl groups is 1. The minimum atomic E-state index is -0.491. The molecule has 1 saturated heterocycles. The minimum absolute atomic E-state index is 0.232. The first-order valence-corrected chi connectivity index (χ1v) is 7.05. The average molecular weight is 268 g/mol. The first-order valence-electron chi connectivity index (χ1n) is 7.05. The number of hydrogen-bond donors (Lipinski definition) is 1. The van der Waals surface area contributed by atoms with E-state index >= 15 is 0 Å². The molecule has 0 saturated carbocycles. The van der Waals surface area contributed by atoms with Crippen molar-refractivity contribution in [3.8, 4) is 0 Å². The van der Waals surface area contributed by atoms with Gasteiger partial charge >= 0.3 is 0 Å². The monoisotopic (exact) mass is 268 g/mol. The van der Waals surface area contributed by atoms with Crippen molar-refractivity contribution in [2.24, 2.45) is 0 Å². The molecule has 1 fully saturated rings. The Morgan fingerprint density at radius 3 is 2.89 bits per heavy atom. The molecule has 1 aliphatic rings. The van der Waals surface area contributed by atoms with Crippen LogP contribution in [0.25, 0.3) is 0 Å². The molecule has 1 aromatic rings. The number of ether oxygens (including phenoxy) is 2. The van der Waals surface area contributed by atoms with Gasteiger partial charge in [-0.1, -0.05) is 13.8 Å². The van der Waals surface area contributed by atoms with Gasteiger partial charge in [-0.3, -0.25) is 0 Å². The molecule has 0 amide bonds. The lowest BCUT2D eigenvalue weighted by Gasteiger charge is -2.24. The van der Waals surface area contributed by atoms with Gasteiger partial charge in [0.25, 0.3) is 0 Å². The molecule has 0 aliphatic carbocycles. The van der Waals surface area contributed by atoms with E-state index in [1.54, 1.807) is 6.20 Å². The van der Waals surface area contributed by atoms with E-state index in [4.69, 9.17) is 9.47 Å². The lowest BCUT2D eigenvalue weighted by molar-refractivity contribution is -0.0618. The second-order valence-electron chi connectivity index (χ2n) is 5.39. The van der Waals surface area contributed by atoms with E-state index in [0.29, 0.717) is 19.1 Å². The second-order valence-corrected chi connectivity index (χ2v) is 5.39. The van der Waals surface area contributed by atoms with Crippen LogP contribution >= 0.6 is 0 Å². The maximum absolute atomic E-state index is 10.1. The van der Waals surface area contributed by atoms with E-state index in [0.717, 1.165) is 31.9 Å². The van der Waals surface area contributed by atoms with Crippen LogP contribution in [0.4, 0.5) is 0 Å². The maximum Gasteiger partial charge on any atom is 0.111 e. The normalized spacial score (nSPS) is 18.9. The van der Waals surface area contributed by atoms with Gasteiger partial charge in [-0.05, 0) is 12.8 Å². The summed E-state index contributed by atoms with van der Waals surface area (Å²) in [5, 5.41) is 10.1. The fourth-order valence-electron chi connectivity index (χ4n) is 2.35. The van der Waals surface area contributed by atoms with Gasteiger partial charge in [0.05, 0.1) is 25.4 Å². The van der Waals surface area contributed by atoms with Crippen molar-refractivity contribution >= 4 is 0 Å². The van der Waals surface area contributed by atoms with E-state index in [-0.39, 0.29) is 6.10 Å². The van der Waals surface area contributed by atoms with Gasteiger partial charge in [-0.15, -0.1) is 0 Å². The predicted molar refractivity (Wildman–Crippen MR) is 72.1 cm³/mol. The van der Waals surface area contributed by atoms with Crippen LogP contribution in [-0.4, -0.2) is 46.7 Å². The van der Waals surface area contributed by atoms with Crippen LogP contribution in [0.1, 0.15) is 38.4 Å². The van der Waals surface area contributed by atoms with Crippen molar-refractivity contribution in [3.63, 3.8) is 0 Å². The Hall–Kier alpha value is -0.910. The van der Waals surface area contributed by atoms with Crippen LogP contribution in [0.2, 0.25) is 0 Å². The number of nitrogens with zero attached hydrogens (tertiary/aromatic N) is 2. The molecule has 1 aromatic heterocycles. The summed E-state index contributed by atoms with van der Waals surface area (Å²) in [7, 11) is 0. The van der Waals surface area contributed by atoms with Gasteiger partial charge in [0.15, 0.2) is 0 Å². The number of aliphatic hydroxyl groups excluding tert-OH is 1. The van der Waals surface area contributed by atoms with Crippen molar-refractivity contribution in [1.82, 2.24) is 9.55 Å². The van der Waals surface area contributed by atoms with Crippen LogP contribution in [0, 0.1) is 0 Å². The Balaban J connectivity index is 1.77. The highest BCUT2D eigenvalue weighted by Gasteiger charge is 2.17. The summed E-state index contributed by atoms with van der Waals surface area (Å²) in [6, 6.07) is 0. The van der Waals surface area contributed by atoms with Crippen molar-refractivity contribution in [2.75, 3.05) is 19.8 Å². The summed E-state index contributed by atoms with van der Waals surface area (Å²) in [4.78, 5) is 4.31. The van der Waals surface area contributed by atoms with E-state index < -0.39 is 6.10 Å². The molecule has 1 atom stereocenters. The molecule has 0 bridgehead atoms. The SMILES string of the molecule is CC(C)c1nccn1CC(O)COC1CCOCC1. The summed E-state index contributed by atoms with van der Waals surface area (Å²) in [5.74, 6) is 1.36. The van der Waals surface area contributed by atoms with Crippen molar-refractivity contribution in [1.29, 1.82) is 0 Å². The lowest BCUT2D eigenvalue weighted by Crippen LogP contribution is -2.29. The number of hydrogen-bond acceptors (Lipinski definition) is 4. The molecule has 0 spiro atoms. The van der Waals surface area contributed by atoms with Gasteiger partial charge in [0.1, 0.15) is 5.82 Å². The third-order valence-electron chi connectivity index (χ3n) is 3.36. The van der Waals surface area contributed by atoms with E-state index in [2.05, 4.69) is 18.8 Å². The highest BCUT2D eigenvalue weighted by Crippen LogP contribution is 2.14. The van der Waals surface area contributed by atoms with Crippen molar-refractivity contribution in [2.45, 2.75) is 51.4 Å². The molecule has 108 valence electrons. The molecule has 0 radical (unpaired) electrons. The summed E-state index contributed by atoms with van der Waals surface area (Å²) < 4.78 is 13.0. The van der Waals surface area contributed by atoms with Gasteiger partial charge in [-0.25, -0.2) is 4.98 Å². The molecule has 1 aliphatic heterocycles. The average Bonchev–Trinajstić information content (AvgIpc) is 2.86. The second kappa shape index (κ2) is 7.03. The third kappa shape index (κ3) is 4.30. The standard InChI is InChI=1S/C14H24N2O3/c1-11(2)14-15-5-6-16(14)9-12(17)10-19-13-3-7-18-8-4-13/h5-6,11-13,17H,3-4,7-10H2,1-2H3. The van der Waals surface area contributed by atoms with Crippen LogP contribution in [0.15, 0.2) is 12.4 Å². The third-order valence-corrected chi connectivity index (χ3v) is 3.36. The smallest absolute Gasteiger partial charge is 0.111 e. The molecule has 5 heteroatoms. The highest BCUT2D eigenvalue weighted by atomic mass is 16.5. The zero-order valence-corrected chi connectivity index (χ0v) is 11.8. The summed E-state index contributed by atoms with van der Waals surface area (Å²) in [6.45, 7) is 6.64. The Labute approximate surface area is 114 Å². The number of aromatic nitrogens is 2. The number of imidazole rings is 1. The predicted octanol–water partition coefficient (Wildman–Crippen LogP) is 1.56. The molecular weight excluding hydrogens is 244 g/mol.